The Hall–Kier alpha value is -2.63. The van der Waals surface area contributed by atoms with Crippen molar-refractivity contribution in [2.75, 3.05) is 25.0 Å². The maximum absolute atomic E-state index is 14.0. The Morgan fingerprint density at radius 3 is 2.60 bits per heavy atom. The van der Waals surface area contributed by atoms with Gasteiger partial charge in [-0.1, -0.05) is 47.1 Å². The molecule has 2 saturated carbocycles. The van der Waals surface area contributed by atoms with Gasteiger partial charge in [0.25, 0.3) is 5.91 Å². The molecule has 0 aromatic heterocycles. The molecule has 4 aliphatic rings. The molecule has 1 saturated heterocycles. The van der Waals surface area contributed by atoms with Gasteiger partial charge in [-0.25, -0.2) is 4.79 Å². The number of carbonyl (C=O) groups is 3. The smallest absolute Gasteiger partial charge is 0.326 e. The number of likely N-dealkylation sites (tertiary alicyclic amines) is 1. The van der Waals surface area contributed by atoms with Crippen LogP contribution < -0.4 is 5.32 Å². The number of hydrogen-bond donors (Lipinski definition) is 1. The van der Waals surface area contributed by atoms with Crippen LogP contribution >= 0.6 is 0 Å². The molecule has 3 amide bonds. The standard InChI is InChI=1S/C34H49N3O3/c1-7-36(19-18-32(2,3)4)30(39)23-10-8-11-24(20-23)35-31(40)37-22-26-27-12-9-15-33(27,5)16-14-28(26)34(6)17-13-25(38)21-29(34)37/h8,10-11,20-21,26-28H,7,9,12-19,22H2,1-6H3,(H,35,40)/t26-,27-,28-,33-,34+/m0/s1. The van der Waals surface area contributed by atoms with E-state index >= 15 is 0 Å². The largest absolute Gasteiger partial charge is 0.339 e. The second-order valence-electron chi connectivity index (χ2n) is 14.7. The van der Waals surface area contributed by atoms with Crippen molar-refractivity contribution in [2.24, 2.45) is 34.0 Å². The topological polar surface area (TPSA) is 69.7 Å². The predicted molar refractivity (Wildman–Crippen MR) is 160 cm³/mol. The van der Waals surface area contributed by atoms with Crippen LogP contribution in [-0.2, 0) is 4.79 Å². The lowest BCUT2D eigenvalue weighted by molar-refractivity contribution is -0.118. The number of rotatable bonds is 5. The Balaban J connectivity index is 1.38. The molecule has 0 radical (unpaired) electrons. The number of piperidine rings is 1. The van der Waals surface area contributed by atoms with Gasteiger partial charge in [-0.2, -0.15) is 0 Å². The lowest BCUT2D eigenvalue weighted by Crippen LogP contribution is -2.59. The molecule has 0 unspecified atom stereocenters. The van der Waals surface area contributed by atoms with E-state index in [1.807, 2.05) is 34.9 Å². The first kappa shape index (κ1) is 28.9. The highest BCUT2D eigenvalue weighted by molar-refractivity contribution is 5.98. The van der Waals surface area contributed by atoms with E-state index in [0.717, 1.165) is 18.5 Å². The number of allylic oxidation sites excluding steroid dienone is 2. The fourth-order valence-electron chi connectivity index (χ4n) is 8.47. The maximum Gasteiger partial charge on any atom is 0.326 e. The first-order valence-electron chi connectivity index (χ1n) is 15.6. The summed E-state index contributed by atoms with van der Waals surface area (Å²) in [6.07, 6.45) is 10.3. The lowest BCUT2D eigenvalue weighted by Gasteiger charge is -2.59. The number of fused-ring (bicyclic) bond motifs is 5. The average molecular weight is 548 g/mol. The van der Waals surface area contributed by atoms with E-state index in [4.69, 9.17) is 0 Å². The summed E-state index contributed by atoms with van der Waals surface area (Å²) in [7, 11) is 0. The summed E-state index contributed by atoms with van der Waals surface area (Å²) in [5.41, 5.74) is 2.45. The molecule has 0 bridgehead atoms. The Kier molecular flexibility index (Phi) is 7.69. The van der Waals surface area contributed by atoms with Gasteiger partial charge in [0.15, 0.2) is 5.78 Å². The van der Waals surface area contributed by atoms with Gasteiger partial charge in [-0.3, -0.25) is 14.5 Å². The van der Waals surface area contributed by atoms with E-state index in [-0.39, 0.29) is 28.6 Å². The van der Waals surface area contributed by atoms with Gasteiger partial charge in [-0.05, 0) is 92.2 Å². The normalized spacial score (nSPS) is 31.6. The second kappa shape index (κ2) is 10.6. The number of carbonyl (C=O) groups excluding carboxylic acids is 3. The monoisotopic (exact) mass is 547 g/mol. The van der Waals surface area contributed by atoms with Gasteiger partial charge in [-0.15, -0.1) is 0 Å². The van der Waals surface area contributed by atoms with Gasteiger partial charge in [0, 0.05) is 54.5 Å². The van der Waals surface area contributed by atoms with Crippen LogP contribution in [0.4, 0.5) is 10.5 Å². The highest BCUT2D eigenvalue weighted by Gasteiger charge is 2.58. The molecule has 1 aliphatic heterocycles. The molecule has 1 aromatic carbocycles. The van der Waals surface area contributed by atoms with Crippen molar-refractivity contribution in [3.8, 4) is 0 Å². The van der Waals surface area contributed by atoms with E-state index in [1.165, 1.54) is 32.1 Å². The Morgan fingerprint density at radius 2 is 1.88 bits per heavy atom. The van der Waals surface area contributed by atoms with Gasteiger partial charge >= 0.3 is 6.03 Å². The van der Waals surface area contributed by atoms with Crippen molar-refractivity contribution < 1.29 is 14.4 Å². The summed E-state index contributed by atoms with van der Waals surface area (Å²) in [6, 6.07) is 7.11. The van der Waals surface area contributed by atoms with Crippen LogP contribution in [0.5, 0.6) is 0 Å². The lowest BCUT2D eigenvalue weighted by atomic mass is 9.50. The van der Waals surface area contributed by atoms with Crippen LogP contribution in [-0.4, -0.2) is 47.2 Å². The fourth-order valence-corrected chi connectivity index (χ4v) is 8.47. The number of anilines is 1. The van der Waals surface area contributed by atoms with Crippen molar-refractivity contribution in [3.05, 3.63) is 41.6 Å². The van der Waals surface area contributed by atoms with Gasteiger partial charge in [0.1, 0.15) is 0 Å². The van der Waals surface area contributed by atoms with Crippen LogP contribution in [0.1, 0.15) is 103 Å². The number of amides is 3. The highest BCUT2D eigenvalue weighted by Crippen LogP contribution is 2.64. The van der Waals surface area contributed by atoms with Crippen molar-refractivity contribution in [3.63, 3.8) is 0 Å². The summed E-state index contributed by atoms with van der Waals surface area (Å²) in [6.45, 7) is 15.3. The van der Waals surface area contributed by atoms with Crippen LogP contribution in [0, 0.1) is 34.0 Å². The molecule has 0 spiro atoms. The number of nitrogens with one attached hydrogen (secondary N) is 1. The SMILES string of the molecule is CCN(CCC(C)(C)C)C(=O)c1cccc(NC(=O)N2C[C@H]3[C@@H]4CCC[C@@]4(C)CC[C@@H]3[C@@]3(C)CCC(=O)C=C23)c1. The zero-order chi connectivity index (χ0) is 28.9. The van der Waals surface area contributed by atoms with Gasteiger partial charge in [0.05, 0.1) is 0 Å². The minimum atomic E-state index is -0.194. The zero-order valence-corrected chi connectivity index (χ0v) is 25.5. The molecule has 40 heavy (non-hydrogen) atoms. The Labute approximate surface area is 240 Å². The summed E-state index contributed by atoms with van der Waals surface area (Å²) in [5, 5.41) is 3.11. The van der Waals surface area contributed by atoms with E-state index < -0.39 is 0 Å². The first-order valence-corrected chi connectivity index (χ1v) is 15.6. The number of nitrogens with zero attached hydrogens (tertiary/aromatic N) is 2. The summed E-state index contributed by atoms with van der Waals surface area (Å²) >= 11 is 0. The quantitative estimate of drug-likeness (QED) is 0.414. The van der Waals surface area contributed by atoms with Crippen molar-refractivity contribution >= 4 is 23.4 Å². The second-order valence-corrected chi connectivity index (χ2v) is 14.7. The summed E-state index contributed by atoms with van der Waals surface area (Å²) in [4.78, 5) is 43.7. The Morgan fingerprint density at radius 1 is 1.10 bits per heavy atom. The molecular formula is C34H49N3O3. The van der Waals surface area contributed by atoms with E-state index in [0.29, 0.717) is 60.5 Å². The number of ketones is 1. The first-order chi connectivity index (χ1) is 18.8. The fraction of sp³-hybridized carbons (Fsp3) is 0.676. The molecule has 3 fully saturated rings. The predicted octanol–water partition coefficient (Wildman–Crippen LogP) is 7.52. The molecule has 5 atom stereocenters. The van der Waals surface area contributed by atoms with Crippen LogP contribution in [0.2, 0.25) is 0 Å². The Bertz CT molecular complexity index is 1200. The summed E-state index contributed by atoms with van der Waals surface area (Å²) in [5.74, 6) is 1.70. The molecule has 1 N–H and O–H groups in total. The molecular weight excluding hydrogens is 498 g/mol. The molecule has 6 nitrogen and oxygen atoms in total. The van der Waals surface area contributed by atoms with Crippen LogP contribution in [0.25, 0.3) is 0 Å². The molecule has 6 heteroatoms. The van der Waals surface area contributed by atoms with Crippen molar-refractivity contribution in [1.29, 1.82) is 0 Å². The molecule has 218 valence electrons. The third-order valence-electron chi connectivity index (χ3n) is 10.9. The zero-order valence-electron chi connectivity index (χ0n) is 25.5. The minimum absolute atomic E-state index is 0.0143. The van der Waals surface area contributed by atoms with Gasteiger partial charge in [0.2, 0.25) is 0 Å². The summed E-state index contributed by atoms with van der Waals surface area (Å²) < 4.78 is 0. The molecule has 5 rings (SSSR count). The van der Waals surface area contributed by atoms with E-state index in [9.17, 15) is 14.4 Å². The number of hydrogen-bond acceptors (Lipinski definition) is 3. The van der Waals surface area contributed by atoms with Crippen molar-refractivity contribution in [1.82, 2.24) is 9.80 Å². The average Bonchev–Trinajstić information content (AvgIpc) is 3.30. The molecule has 1 aromatic rings. The molecule has 3 aliphatic carbocycles. The number of urea groups is 1. The highest BCUT2D eigenvalue weighted by atomic mass is 16.2. The van der Waals surface area contributed by atoms with Crippen LogP contribution in [0.3, 0.4) is 0 Å². The third-order valence-corrected chi connectivity index (χ3v) is 10.9. The van der Waals surface area contributed by atoms with Crippen LogP contribution in [0.15, 0.2) is 36.0 Å². The van der Waals surface area contributed by atoms with E-state index in [1.54, 1.807) is 12.1 Å². The minimum Gasteiger partial charge on any atom is -0.339 e. The van der Waals surface area contributed by atoms with E-state index in [2.05, 4.69) is 39.9 Å². The van der Waals surface area contributed by atoms with Crippen molar-refractivity contribution in [2.45, 2.75) is 92.9 Å². The third kappa shape index (κ3) is 5.35. The maximum atomic E-state index is 14.0. The van der Waals surface area contributed by atoms with Gasteiger partial charge < -0.3 is 10.2 Å². The number of benzene rings is 1. The molecule has 1 heterocycles.